The summed E-state index contributed by atoms with van der Waals surface area (Å²) >= 11 is 6.03. The molecule has 11 heteroatoms. The molecular formula is C23H24ClN3O7. The number of ether oxygens (including phenoxy) is 3. The van der Waals surface area contributed by atoms with Gasteiger partial charge in [-0.25, -0.2) is 0 Å². The van der Waals surface area contributed by atoms with Crippen molar-refractivity contribution in [1.82, 2.24) is 10.4 Å². The van der Waals surface area contributed by atoms with Gasteiger partial charge in [0.1, 0.15) is 11.5 Å². The van der Waals surface area contributed by atoms with E-state index in [9.17, 15) is 19.2 Å². The molecule has 0 aromatic heterocycles. The third-order valence-corrected chi connectivity index (χ3v) is 5.61. The van der Waals surface area contributed by atoms with Gasteiger partial charge in [-0.2, -0.15) is 0 Å². The number of esters is 1. The molecule has 2 aromatic rings. The lowest BCUT2D eigenvalue weighted by Crippen LogP contribution is -2.43. The lowest BCUT2D eigenvalue weighted by Gasteiger charge is -2.18. The number of rotatable bonds is 8. The Hall–Kier alpha value is -3.79. The number of carbonyl (C=O) groups excluding carboxylic acids is 4. The molecule has 0 aliphatic carbocycles. The molecule has 1 atom stereocenters. The maximum Gasteiger partial charge on any atom is 0.311 e. The number of carbonyl (C=O) groups is 4. The largest absolute Gasteiger partial charge is 0.497 e. The van der Waals surface area contributed by atoms with Crippen molar-refractivity contribution in [2.24, 2.45) is 5.92 Å². The zero-order chi connectivity index (χ0) is 24.8. The quantitative estimate of drug-likeness (QED) is 0.545. The van der Waals surface area contributed by atoms with Crippen molar-refractivity contribution in [2.75, 3.05) is 32.7 Å². The molecule has 180 valence electrons. The van der Waals surface area contributed by atoms with E-state index in [0.29, 0.717) is 27.8 Å². The number of amides is 3. The summed E-state index contributed by atoms with van der Waals surface area (Å²) in [6, 6.07) is 9.64. The zero-order valence-electron chi connectivity index (χ0n) is 18.8. The van der Waals surface area contributed by atoms with E-state index in [0.717, 1.165) is 5.01 Å². The van der Waals surface area contributed by atoms with Crippen LogP contribution in [0.1, 0.15) is 22.3 Å². The molecule has 0 spiro atoms. The second-order valence-corrected chi connectivity index (χ2v) is 7.92. The fraction of sp³-hybridized carbons (Fsp3) is 0.304. The van der Waals surface area contributed by atoms with Crippen LogP contribution >= 0.6 is 11.6 Å². The lowest BCUT2D eigenvalue weighted by molar-refractivity contribution is -0.151. The minimum atomic E-state index is -0.826. The number of hydrazine groups is 1. The molecule has 0 unspecified atom stereocenters. The molecule has 1 saturated heterocycles. The maximum absolute atomic E-state index is 12.6. The number of halogens is 1. The van der Waals surface area contributed by atoms with Crippen LogP contribution < -0.4 is 20.2 Å². The van der Waals surface area contributed by atoms with Crippen LogP contribution in [0.3, 0.4) is 0 Å². The summed E-state index contributed by atoms with van der Waals surface area (Å²) < 4.78 is 15.4. The Bertz CT molecular complexity index is 1100. The van der Waals surface area contributed by atoms with Gasteiger partial charge < -0.3 is 19.5 Å². The van der Waals surface area contributed by atoms with E-state index in [-0.39, 0.29) is 18.5 Å². The number of benzene rings is 2. The van der Waals surface area contributed by atoms with Gasteiger partial charge in [0.2, 0.25) is 5.91 Å². The van der Waals surface area contributed by atoms with E-state index >= 15 is 0 Å². The molecule has 0 radical (unpaired) electrons. The molecule has 3 amide bonds. The normalized spacial score (nSPS) is 15.0. The predicted octanol–water partition coefficient (Wildman–Crippen LogP) is 2.34. The van der Waals surface area contributed by atoms with Gasteiger partial charge in [0.15, 0.2) is 6.61 Å². The molecular weight excluding hydrogens is 466 g/mol. The first kappa shape index (κ1) is 24.8. The van der Waals surface area contributed by atoms with Gasteiger partial charge in [-0.15, -0.1) is 0 Å². The van der Waals surface area contributed by atoms with E-state index in [4.69, 9.17) is 25.8 Å². The summed E-state index contributed by atoms with van der Waals surface area (Å²) in [6.07, 6.45) is -0.157. The number of methoxy groups -OCH3 is 2. The van der Waals surface area contributed by atoms with Gasteiger partial charge in [-0.1, -0.05) is 17.7 Å². The molecule has 1 fully saturated rings. The Morgan fingerprint density at radius 1 is 1.12 bits per heavy atom. The van der Waals surface area contributed by atoms with E-state index in [2.05, 4.69) is 10.7 Å². The Labute approximate surface area is 201 Å². The van der Waals surface area contributed by atoms with E-state index < -0.39 is 36.2 Å². The van der Waals surface area contributed by atoms with Gasteiger partial charge in [-0.05, 0) is 36.8 Å². The first-order valence-electron chi connectivity index (χ1n) is 10.3. The average molecular weight is 490 g/mol. The Morgan fingerprint density at radius 2 is 1.79 bits per heavy atom. The van der Waals surface area contributed by atoms with Crippen LogP contribution in [0.15, 0.2) is 36.4 Å². The molecule has 34 heavy (non-hydrogen) atoms. The Kier molecular flexibility index (Phi) is 7.95. The summed E-state index contributed by atoms with van der Waals surface area (Å²) in [6.45, 7) is 1.14. The minimum Gasteiger partial charge on any atom is -0.497 e. The van der Waals surface area contributed by atoms with Crippen molar-refractivity contribution in [3.8, 4) is 11.5 Å². The Balaban J connectivity index is 1.53. The first-order chi connectivity index (χ1) is 16.2. The minimum absolute atomic E-state index is 0.0838. The number of nitrogens with one attached hydrogen (secondary N) is 2. The van der Waals surface area contributed by atoms with Crippen LogP contribution in [0.5, 0.6) is 11.5 Å². The molecule has 0 bridgehead atoms. The fourth-order valence-corrected chi connectivity index (χ4v) is 3.46. The zero-order valence-corrected chi connectivity index (χ0v) is 19.6. The van der Waals surface area contributed by atoms with Crippen molar-refractivity contribution in [2.45, 2.75) is 13.3 Å². The van der Waals surface area contributed by atoms with E-state index in [1.807, 2.05) is 0 Å². The molecule has 1 aliphatic heterocycles. The van der Waals surface area contributed by atoms with Crippen molar-refractivity contribution in [3.05, 3.63) is 52.5 Å². The lowest BCUT2D eigenvalue weighted by atomic mass is 10.1. The third-order valence-electron chi connectivity index (χ3n) is 5.20. The van der Waals surface area contributed by atoms with Gasteiger partial charge in [-0.3, -0.25) is 29.6 Å². The van der Waals surface area contributed by atoms with E-state index in [1.165, 1.54) is 26.4 Å². The first-order valence-corrected chi connectivity index (χ1v) is 10.7. The second kappa shape index (κ2) is 10.9. The predicted molar refractivity (Wildman–Crippen MR) is 123 cm³/mol. The SMILES string of the molecule is COc1cc(OC)cc(C(=O)NN2C[C@H](C(=O)OCC(=O)Nc3cccc(Cl)c3C)CC2=O)c1. The highest BCUT2D eigenvalue weighted by Gasteiger charge is 2.36. The summed E-state index contributed by atoms with van der Waals surface area (Å²) in [5.41, 5.74) is 3.88. The highest BCUT2D eigenvalue weighted by atomic mass is 35.5. The number of hydrogen-bond donors (Lipinski definition) is 2. The number of nitrogens with zero attached hydrogens (tertiary/aromatic N) is 1. The number of anilines is 1. The van der Waals surface area contributed by atoms with Gasteiger partial charge in [0.25, 0.3) is 11.8 Å². The highest BCUT2D eigenvalue weighted by molar-refractivity contribution is 6.31. The molecule has 2 N–H and O–H groups in total. The molecule has 1 aliphatic rings. The van der Waals surface area contributed by atoms with Crippen LogP contribution in [-0.4, -0.2) is 56.1 Å². The molecule has 0 saturated carbocycles. The van der Waals surface area contributed by atoms with Crippen LogP contribution in [0.2, 0.25) is 5.02 Å². The average Bonchev–Trinajstić information content (AvgIpc) is 3.20. The van der Waals surface area contributed by atoms with Crippen molar-refractivity contribution in [3.63, 3.8) is 0 Å². The molecule has 3 rings (SSSR count). The van der Waals surface area contributed by atoms with Crippen molar-refractivity contribution in [1.29, 1.82) is 0 Å². The summed E-state index contributed by atoms with van der Waals surface area (Å²) in [4.78, 5) is 49.5. The third kappa shape index (κ3) is 5.96. The molecule has 1 heterocycles. The second-order valence-electron chi connectivity index (χ2n) is 7.52. The molecule has 10 nitrogen and oxygen atoms in total. The van der Waals surface area contributed by atoms with Gasteiger partial charge >= 0.3 is 5.97 Å². The van der Waals surface area contributed by atoms with Crippen molar-refractivity contribution >= 4 is 41.0 Å². The monoisotopic (exact) mass is 489 g/mol. The van der Waals surface area contributed by atoms with Gasteiger partial charge in [0.05, 0.1) is 26.7 Å². The fourth-order valence-electron chi connectivity index (χ4n) is 3.28. The van der Waals surface area contributed by atoms with Crippen LogP contribution in [-0.2, 0) is 19.1 Å². The topological polar surface area (TPSA) is 123 Å². The summed E-state index contributed by atoms with van der Waals surface area (Å²) in [5, 5.41) is 4.17. The highest BCUT2D eigenvalue weighted by Crippen LogP contribution is 2.24. The molecule has 2 aromatic carbocycles. The van der Waals surface area contributed by atoms with Crippen molar-refractivity contribution < 1.29 is 33.4 Å². The summed E-state index contributed by atoms with van der Waals surface area (Å²) in [5.74, 6) is -2.30. The number of hydrogen-bond acceptors (Lipinski definition) is 7. The standard InChI is InChI=1S/C23H24ClN3O7/c1-13-18(24)5-4-6-19(13)25-20(28)12-34-23(31)15-9-21(29)27(11-15)26-22(30)14-7-16(32-2)10-17(8-14)33-3/h4-8,10,15H,9,11-12H2,1-3H3,(H,25,28)(H,26,30)/t15-/m1/s1. The summed E-state index contributed by atoms with van der Waals surface area (Å²) in [7, 11) is 2.90. The van der Waals surface area contributed by atoms with E-state index in [1.54, 1.807) is 31.2 Å². The van der Waals surface area contributed by atoms with Crippen LogP contribution in [0.25, 0.3) is 0 Å². The van der Waals surface area contributed by atoms with Gasteiger partial charge in [0, 0.05) is 28.8 Å². The maximum atomic E-state index is 12.6. The Morgan fingerprint density at radius 3 is 2.44 bits per heavy atom. The van der Waals surface area contributed by atoms with Crippen LogP contribution in [0, 0.1) is 12.8 Å². The van der Waals surface area contributed by atoms with Crippen LogP contribution in [0.4, 0.5) is 5.69 Å². The smallest absolute Gasteiger partial charge is 0.311 e.